The first-order valence-corrected chi connectivity index (χ1v) is 8.07. The van der Waals surface area contributed by atoms with Gasteiger partial charge in [-0.3, -0.25) is 14.5 Å². The van der Waals surface area contributed by atoms with Crippen LogP contribution in [0.2, 0.25) is 0 Å². The molecule has 1 aromatic heterocycles. The van der Waals surface area contributed by atoms with E-state index >= 15 is 0 Å². The van der Waals surface area contributed by atoms with Gasteiger partial charge in [-0.05, 0) is 24.7 Å². The number of benzene rings is 2. The molecule has 2 aromatic carbocycles. The van der Waals surface area contributed by atoms with Crippen molar-refractivity contribution >= 4 is 18.1 Å². The molecular weight excluding hydrogens is 320 g/mol. The SMILES string of the molecule is Cc1ccc(-c2n[nH]c(=S)n2CC(=O)NCc2ccccc2)cc1. The van der Waals surface area contributed by atoms with Crippen LogP contribution >= 0.6 is 12.2 Å². The maximum atomic E-state index is 12.3. The van der Waals surface area contributed by atoms with E-state index in [1.54, 1.807) is 4.57 Å². The number of carbonyl (C=O) groups excluding carboxylic acids is 1. The Hall–Kier alpha value is -2.73. The predicted octanol–water partition coefficient (Wildman–Crippen LogP) is 3.23. The smallest absolute Gasteiger partial charge is 0.240 e. The molecule has 3 rings (SSSR count). The van der Waals surface area contributed by atoms with Gasteiger partial charge in [-0.1, -0.05) is 60.2 Å². The standard InChI is InChI=1S/C18H18N4OS/c1-13-7-9-15(10-8-13)17-20-21-18(24)22(17)12-16(23)19-11-14-5-3-2-4-6-14/h2-10H,11-12H2,1H3,(H,19,23)(H,21,24). The number of hydrogen-bond acceptors (Lipinski definition) is 3. The maximum Gasteiger partial charge on any atom is 0.240 e. The molecule has 0 saturated carbocycles. The first-order valence-electron chi connectivity index (χ1n) is 7.66. The topological polar surface area (TPSA) is 62.7 Å². The molecule has 24 heavy (non-hydrogen) atoms. The molecule has 1 amide bonds. The van der Waals surface area contributed by atoms with E-state index in [4.69, 9.17) is 12.2 Å². The molecule has 0 fully saturated rings. The fraction of sp³-hybridized carbons (Fsp3) is 0.167. The molecule has 1 heterocycles. The van der Waals surface area contributed by atoms with Crippen LogP contribution in [0.15, 0.2) is 54.6 Å². The lowest BCUT2D eigenvalue weighted by Crippen LogP contribution is -2.27. The van der Waals surface area contributed by atoms with Gasteiger partial charge < -0.3 is 5.32 Å². The zero-order chi connectivity index (χ0) is 16.9. The zero-order valence-corrected chi connectivity index (χ0v) is 14.1. The second-order valence-corrected chi connectivity index (χ2v) is 5.95. The zero-order valence-electron chi connectivity index (χ0n) is 13.3. The summed E-state index contributed by atoms with van der Waals surface area (Å²) in [6.45, 7) is 2.65. The molecule has 122 valence electrons. The quantitative estimate of drug-likeness (QED) is 0.702. The van der Waals surface area contributed by atoms with E-state index < -0.39 is 0 Å². The number of carbonyl (C=O) groups is 1. The fourth-order valence-electron chi connectivity index (χ4n) is 2.38. The highest BCUT2D eigenvalue weighted by Crippen LogP contribution is 2.17. The van der Waals surface area contributed by atoms with Crippen LogP contribution in [0.1, 0.15) is 11.1 Å². The van der Waals surface area contributed by atoms with Crippen LogP contribution in [0.4, 0.5) is 0 Å². The summed E-state index contributed by atoms with van der Waals surface area (Å²) >= 11 is 5.26. The van der Waals surface area contributed by atoms with E-state index in [9.17, 15) is 4.79 Å². The molecule has 0 unspecified atom stereocenters. The summed E-state index contributed by atoms with van der Waals surface area (Å²) in [6.07, 6.45) is 0. The number of hydrogen-bond donors (Lipinski definition) is 2. The lowest BCUT2D eigenvalue weighted by atomic mass is 10.1. The molecule has 0 aliphatic heterocycles. The Morgan fingerprint density at radius 3 is 2.58 bits per heavy atom. The van der Waals surface area contributed by atoms with Crippen LogP contribution in [0.25, 0.3) is 11.4 Å². The van der Waals surface area contributed by atoms with E-state index in [-0.39, 0.29) is 12.5 Å². The van der Waals surface area contributed by atoms with Gasteiger partial charge in [-0.2, -0.15) is 5.10 Å². The Morgan fingerprint density at radius 1 is 1.17 bits per heavy atom. The highest BCUT2D eigenvalue weighted by molar-refractivity contribution is 7.71. The minimum atomic E-state index is -0.107. The Morgan fingerprint density at radius 2 is 1.88 bits per heavy atom. The normalized spacial score (nSPS) is 10.5. The molecule has 0 aliphatic carbocycles. The van der Waals surface area contributed by atoms with Crippen LogP contribution in [0, 0.1) is 11.7 Å². The number of rotatable bonds is 5. The van der Waals surface area contributed by atoms with Gasteiger partial charge in [0.1, 0.15) is 6.54 Å². The number of aromatic amines is 1. The third-order valence-electron chi connectivity index (χ3n) is 3.70. The first kappa shape index (κ1) is 16.1. The molecule has 0 atom stereocenters. The van der Waals surface area contributed by atoms with Crippen molar-refractivity contribution in [3.63, 3.8) is 0 Å². The minimum absolute atomic E-state index is 0.107. The molecule has 5 nitrogen and oxygen atoms in total. The van der Waals surface area contributed by atoms with Crippen molar-refractivity contribution in [1.82, 2.24) is 20.1 Å². The third-order valence-corrected chi connectivity index (χ3v) is 4.01. The summed E-state index contributed by atoms with van der Waals surface area (Å²) in [5.74, 6) is 0.555. The monoisotopic (exact) mass is 338 g/mol. The predicted molar refractivity (Wildman–Crippen MR) is 95.9 cm³/mol. The van der Waals surface area contributed by atoms with Crippen molar-refractivity contribution in [3.8, 4) is 11.4 Å². The van der Waals surface area contributed by atoms with Crippen LogP contribution in [0.5, 0.6) is 0 Å². The minimum Gasteiger partial charge on any atom is -0.350 e. The molecule has 3 aromatic rings. The average molecular weight is 338 g/mol. The van der Waals surface area contributed by atoms with Gasteiger partial charge in [-0.15, -0.1) is 0 Å². The number of aryl methyl sites for hydroxylation is 1. The van der Waals surface area contributed by atoms with Crippen molar-refractivity contribution in [2.24, 2.45) is 0 Å². The van der Waals surface area contributed by atoms with E-state index in [1.165, 1.54) is 5.56 Å². The highest BCUT2D eigenvalue weighted by Gasteiger charge is 2.12. The molecule has 0 bridgehead atoms. The van der Waals surface area contributed by atoms with E-state index in [0.717, 1.165) is 11.1 Å². The number of aromatic nitrogens is 3. The maximum absolute atomic E-state index is 12.3. The molecule has 2 N–H and O–H groups in total. The lowest BCUT2D eigenvalue weighted by molar-refractivity contribution is -0.121. The van der Waals surface area contributed by atoms with Crippen molar-refractivity contribution in [2.45, 2.75) is 20.0 Å². The van der Waals surface area contributed by atoms with E-state index in [1.807, 2.05) is 61.5 Å². The van der Waals surface area contributed by atoms with Gasteiger partial charge in [0.2, 0.25) is 5.91 Å². The third kappa shape index (κ3) is 3.78. The van der Waals surface area contributed by atoms with Crippen LogP contribution in [0.3, 0.4) is 0 Å². The van der Waals surface area contributed by atoms with Crippen molar-refractivity contribution < 1.29 is 4.79 Å². The number of amides is 1. The summed E-state index contributed by atoms with van der Waals surface area (Å²) in [6, 6.07) is 17.7. The summed E-state index contributed by atoms with van der Waals surface area (Å²) < 4.78 is 2.14. The van der Waals surface area contributed by atoms with Gasteiger partial charge in [0.05, 0.1) is 0 Å². The van der Waals surface area contributed by atoms with Gasteiger partial charge in [-0.25, -0.2) is 0 Å². The number of nitrogens with zero attached hydrogens (tertiary/aromatic N) is 2. The second-order valence-electron chi connectivity index (χ2n) is 5.57. The average Bonchev–Trinajstić information content (AvgIpc) is 2.95. The van der Waals surface area contributed by atoms with E-state index in [0.29, 0.717) is 17.1 Å². The van der Waals surface area contributed by atoms with Crippen molar-refractivity contribution in [3.05, 3.63) is 70.5 Å². The van der Waals surface area contributed by atoms with Gasteiger partial charge >= 0.3 is 0 Å². The summed E-state index contributed by atoms with van der Waals surface area (Å²) in [5.41, 5.74) is 3.14. The Balaban J connectivity index is 1.73. The largest absolute Gasteiger partial charge is 0.350 e. The van der Waals surface area contributed by atoms with Gasteiger partial charge in [0.25, 0.3) is 0 Å². The van der Waals surface area contributed by atoms with Crippen LogP contribution in [-0.4, -0.2) is 20.7 Å². The molecular formula is C18H18N4OS. The van der Waals surface area contributed by atoms with Gasteiger partial charge in [0.15, 0.2) is 10.6 Å². The van der Waals surface area contributed by atoms with Crippen molar-refractivity contribution in [2.75, 3.05) is 0 Å². The lowest BCUT2D eigenvalue weighted by Gasteiger charge is -2.08. The van der Waals surface area contributed by atoms with Gasteiger partial charge in [0, 0.05) is 12.1 Å². The fourth-order valence-corrected chi connectivity index (χ4v) is 2.58. The summed E-state index contributed by atoms with van der Waals surface area (Å²) in [5, 5.41) is 9.92. The highest BCUT2D eigenvalue weighted by atomic mass is 32.1. The van der Waals surface area contributed by atoms with E-state index in [2.05, 4.69) is 15.5 Å². The molecule has 0 aliphatic rings. The summed E-state index contributed by atoms with van der Waals surface area (Å²) in [4.78, 5) is 12.3. The number of nitrogens with one attached hydrogen (secondary N) is 2. The number of H-pyrrole nitrogens is 1. The molecule has 0 spiro atoms. The van der Waals surface area contributed by atoms with Crippen LogP contribution < -0.4 is 5.32 Å². The summed E-state index contributed by atoms with van der Waals surface area (Å²) in [7, 11) is 0. The van der Waals surface area contributed by atoms with Crippen molar-refractivity contribution in [1.29, 1.82) is 0 Å². The second kappa shape index (κ2) is 7.23. The Bertz CT molecular complexity index is 881. The molecule has 0 saturated heterocycles. The molecule has 6 heteroatoms. The Labute approximate surface area is 145 Å². The van der Waals surface area contributed by atoms with Crippen LogP contribution in [-0.2, 0) is 17.9 Å². The molecule has 0 radical (unpaired) electrons. The Kier molecular flexibility index (Phi) is 4.86. The first-order chi connectivity index (χ1) is 11.6.